The van der Waals surface area contributed by atoms with E-state index in [0.717, 1.165) is 59.2 Å². The normalized spacial score (nSPS) is 52.2. The number of fused-ring (bicyclic) bond motifs is 11. The molecule has 0 aromatic rings. The average Bonchev–Trinajstić information content (AvgIpc) is 3.52. The Morgan fingerprint density at radius 2 is 1.70 bits per heavy atom. The van der Waals surface area contributed by atoms with Gasteiger partial charge in [0, 0.05) is 0 Å². The van der Waals surface area contributed by atoms with Crippen LogP contribution in [0.2, 0.25) is 0 Å². The highest BCUT2D eigenvalue weighted by atomic mass is 14.6. The Labute approximate surface area is 166 Å². The summed E-state index contributed by atoms with van der Waals surface area (Å²) >= 11 is 0. The van der Waals surface area contributed by atoms with Crippen molar-refractivity contribution in [3.05, 3.63) is 36.0 Å². The first kappa shape index (κ1) is 17.1. The van der Waals surface area contributed by atoms with E-state index in [1.807, 2.05) is 0 Å². The number of hydrogen-bond acceptors (Lipinski definition) is 0. The van der Waals surface area contributed by atoms with E-state index in [1.165, 1.54) is 25.7 Å². The van der Waals surface area contributed by atoms with E-state index >= 15 is 0 Å². The minimum atomic E-state index is 0.833. The quantitative estimate of drug-likeness (QED) is 0.360. The third-order valence-corrected chi connectivity index (χ3v) is 10.0. The van der Waals surface area contributed by atoms with Gasteiger partial charge in [-0.05, 0) is 105 Å². The molecule has 6 bridgehead atoms. The van der Waals surface area contributed by atoms with Gasteiger partial charge in [-0.1, -0.05) is 61.6 Å². The van der Waals surface area contributed by atoms with Crippen molar-refractivity contribution in [1.82, 2.24) is 0 Å². The van der Waals surface area contributed by atoms with Crippen LogP contribution < -0.4 is 0 Å². The van der Waals surface area contributed by atoms with Gasteiger partial charge in [-0.15, -0.1) is 0 Å². The lowest BCUT2D eigenvalue weighted by Crippen LogP contribution is -2.31. The lowest BCUT2D eigenvalue weighted by Gasteiger charge is -2.37. The monoisotopic (exact) mass is 362 g/mol. The van der Waals surface area contributed by atoms with Crippen molar-refractivity contribution < 1.29 is 0 Å². The molecule has 0 saturated heterocycles. The topological polar surface area (TPSA) is 0 Å². The van der Waals surface area contributed by atoms with E-state index < -0.39 is 0 Å². The van der Waals surface area contributed by atoms with Gasteiger partial charge < -0.3 is 0 Å². The molecule has 5 fully saturated rings. The molecule has 0 N–H and O–H groups in total. The fourth-order valence-electron chi connectivity index (χ4n) is 9.09. The molecular weight excluding hydrogens is 324 g/mol. The molecule has 0 heteroatoms. The highest BCUT2D eigenvalue weighted by Crippen LogP contribution is 2.67. The van der Waals surface area contributed by atoms with Crippen molar-refractivity contribution in [2.24, 2.45) is 59.2 Å². The first-order valence-corrected chi connectivity index (χ1v) is 12.3. The maximum Gasteiger partial charge on any atom is -0.00174 e. The lowest BCUT2D eigenvalue weighted by atomic mass is 9.67. The van der Waals surface area contributed by atoms with Crippen LogP contribution in [0.4, 0.5) is 0 Å². The summed E-state index contributed by atoms with van der Waals surface area (Å²) in [5.74, 6) is 10.6. The zero-order valence-electron chi connectivity index (χ0n) is 17.2. The molecule has 0 aromatic heterocycles. The van der Waals surface area contributed by atoms with Gasteiger partial charge in [0.25, 0.3) is 0 Å². The van der Waals surface area contributed by atoms with Crippen LogP contribution in [-0.2, 0) is 0 Å². The fourth-order valence-corrected chi connectivity index (χ4v) is 9.09. The summed E-state index contributed by atoms with van der Waals surface area (Å²) in [4.78, 5) is 0. The molecule has 0 heterocycles. The zero-order valence-corrected chi connectivity index (χ0v) is 17.2. The van der Waals surface area contributed by atoms with Crippen molar-refractivity contribution >= 4 is 0 Å². The van der Waals surface area contributed by atoms with E-state index in [2.05, 4.69) is 37.3 Å². The largest absolute Gasteiger partial charge is 0.0878 e. The number of hydrogen-bond donors (Lipinski definition) is 0. The molecule has 27 heavy (non-hydrogen) atoms. The molecule has 0 nitrogen and oxygen atoms in total. The third-order valence-electron chi connectivity index (χ3n) is 10.0. The smallest absolute Gasteiger partial charge is 0.00174 e. The molecule has 0 radical (unpaired) electrons. The molecule has 9 atom stereocenters. The Bertz CT molecular complexity index is 660. The van der Waals surface area contributed by atoms with E-state index in [-0.39, 0.29) is 0 Å². The van der Waals surface area contributed by atoms with Crippen molar-refractivity contribution in [2.45, 2.75) is 71.1 Å². The van der Waals surface area contributed by atoms with Gasteiger partial charge in [0.15, 0.2) is 0 Å². The maximum absolute atomic E-state index is 2.60. The zero-order chi connectivity index (χ0) is 18.0. The standard InChI is InChI=1S/C18H26.C9H12/c1-2-4-11(3-1)7-14-9-15-10-16(14)18-13-6-5-12(8-13)17(15)18;1-2-8-5-7-3-4-9(8)6-7/h5-6,11-18H,1-4,7-10H2;2-4,7,9H,5-6H2,1H3/b;8-2+. The van der Waals surface area contributed by atoms with Gasteiger partial charge >= 0.3 is 0 Å². The molecule has 0 spiro atoms. The number of allylic oxidation sites excluding steroid dienone is 6. The SMILES string of the molecule is C/C=C1\CC2C=CC1C2.C1=CC2CC1C1C3CC(CC4CCCC4)C(C3)C21. The number of rotatable bonds is 2. The predicted octanol–water partition coefficient (Wildman–Crippen LogP) is 7.19. The van der Waals surface area contributed by atoms with E-state index in [4.69, 9.17) is 0 Å². The highest BCUT2D eigenvalue weighted by molar-refractivity contribution is 5.26. The summed E-state index contributed by atoms with van der Waals surface area (Å²) in [6.45, 7) is 2.16. The summed E-state index contributed by atoms with van der Waals surface area (Å²) in [5, 5.41) is 0. The van der Waals surface area contributed by atoms with Crippen LogP contribution >= 0.6 is 0 Å². The van der Waals surface area contributed by atoms with Crippen LogP contribution in [0.5, 0.6) is 0 Å². The van der Waals surface area contributed by atoms with Gasteiger partial charge in [0.1, 0.15) is 0 Å². The minimum absolute atomic E-state index is 0.833. The Morgan fingerprint density at radius 3 is 2.37 bits per heavy atom. The Balaban J connectivity index is 0.000000137. The molecule has 9 unspecified atom stereocenters. The van der Waals surface area contributed by atoms with Crippen LogP contribution in [0.3, 0.4) is 0 Å². The van der Waals surface area contributed by atoms with Gasteiger partial charge in [0.2, 0.25) is 0 Å². The second-order valence-electron chi connectivity index (χ2n) is 11.2. The Kier molecular flexibility index (Phi) is 4.20. The highest BCUT2D eigenvalue weighted by Gasteiger charge is 2.60. The molecule has 146 valence electrons. The van der Waals surface area contributed by atoms with Crippen molar-refractivity contribution in [3.8, 4) is 0 Å². The van der Waals surface area contributed by atoms with Gasteiger partial charge in [0.05, 0.1) is 0 Å². The molecule has 7 aliphatic rings. The van der Waals surface area contributed by atoms with Crippen LogP contribution in [0.15, 0.2) is 36.0 Å². The maximum atomic E-state index is 2.60. The molecule has 0 aromatic carbocycles. The Morgan fingerprint density at radius 1 is 0.889 bits per heavy atom. The van der Waals surface area contributed by atoms with Crippen LogP contribution in [0, 0.1) is 59.2 Å². The minimum Gasteiger partial charge on any atom is -0.0878 e. The molecule has 7 rings (SSSR count). The molecule has 5 saturated carbocycles. The van der Waals surface area contributed by atoms with E-state index in [1.54, 1.807) is 44.1 Å². The molecule has 0 amide bonds. The van der Waals surface area contributed by atoms with Crippen molar-refractivity contribution in [1.29, 1.82) is 0 Å². The third kappa shape index (κ3) is 2.76. The van der Waals surface area contributed by atoms with Gasteiger partial charge in [-0.3, -0.25) is 0 Å². The summed E-state index contributed by atoms with van der Waals surface area (Å²) in [5.41, 5.74) is 1.67. The summed E-state index contributed by atoms with van der Waals surface area (Å²) in [6.07, 6.45) is 27.5. The fraction of sp³-hybridized carbons (Fsp3) is 0.778. The molecule has 0 aliphatic heterocycles. The van der Waals surface area contributed by atoms with Crippen molar-refractivity contribution in [2.75, 3.05) is 0 Å². The second kappa shape index (κ2) is 6.64. The molecule has 7 aliphatic carbocycles. The van der Waals surface area contributed by atoms with Gasteiger partial charge in [-0.2, -0.15) is 0 Å². The average molecular weight is 363 g/mol. The van der Waals surface area contributed by atoms with Crippen molar-refractivity contribution in [3.63, 3.8) is 0 Å². The lowest BCUT2D eigenvalue weighted by molar-refractivity contribution is 0.132. The predicted molar refractivity (Wildman–Crippen MR) is 113 cm³/mol. The molecular formula is C27H38. The summed E-state index contributed by atoms with van der Waals surface area (Å²) in [7, 11) is 0. The van der Waals surface area contributed by atoms with Crippen LogP contribution in [0.1, 0.15) is 71.1 Å². The van der Waals surface area contributed by atoms with E-state index in [9.17, 15) is 0 Å². The first-order chi connectivity index (χ1) is 13.3. The second-order valence-corrected chi connectivity index (χ2v) is 11.2. The Hall–Kier alpha value is -0.780. The van der Waals surface area contributed by atoms with Gasteiger partial charge in [-0.25, -0.2) is 0 Å². The van der Waals surface area contributed by atoms with Crippen LogP contribution in [-0.4, -0.2) is 0 Å². The first-order valence-electron chi connectivity index (χ1n) is 12.3. The van der Waals surface area contributed by atoms with E-state index in [0.29, 0.717) is 0 Å². The summed E-state index contributed by atoms with van der Waals surface area (Å²) < 4.78 is 0. The summed E-state index contributed by atoms with van der Waals surface area (Å²) in [6, 6.07) is 0. The van der Waals surface area contributed by atoms with Crippen LogP contribution in [0.25, 0.3) is 0 Å².